The van der Waals surface area contributed by atoms with Crippen LogP contribution in [0.25, 0.3) is 0 Å². The number of esters is 2. The highest BCUT2D eigenvalue weighted by molar-refractivity contribution is 7.10. The number of carbonyl (C=O) groups excluding carboxylic acids is 2. The summed E-state index contributed by atoms with van der Waals surface area (Å²) < 4.78 is 21.3. The Labute approximate surface area is 139 Å². The van der Waals surface area contributed by atoms with Crippen LogP contribution >= 0.6 is 11.3 Å². The van der Waals surface area contributed by atoms with Crippen LogP contribution in [0.2, 0.25) is 0 Å². The van der Waals surface area contributed by atoms with E-state index in [0.29, 0.717) is 0 Å². The molecule has 7 heteroatoms. The van der Waals surface area contributed by atoms with Crippen molar-refractivity contribution in [3.8, 4) is 0 Å². The molecule has 0 aromatic carbocycles. The van der Waals surface area contributed by atoms with Crippen LogP contribution in [0.15, 0.2) is 17.5 Å². The molecule has 0 bridgehead atoms. The number of carbonyl (C=O) groups is 2. The smallest absolute Gasteiger partial charge is 0.323 e. The first kappa shape index (κ1) is 17.9. The normalized spacial score (nSPS) is 22.6. The average Bonchev–Trinajstić information content (AvgIpc) is 3.08. The second-order valence-electron chi connectivity index (χ2n) is 5.40. The molecule has 1 aliphatic rings. The summed E-state index contributed by atoms with van der Waals surface area (Å²) in [5, 5.41) is 1.86. The molecule has 1 aromatic rings. The van der Waals surface area contributed by atoms with Crippen molar-refractivity contribution in [2.75, 3.05) is 14.2 Å². The molecule has 0 N–H and O–H groups in total. The van der Waals surface area contributed by atoms with Crippen molar-refractivity contribution < 1.29 is 28.5 Å². The van der Waals surface area contributed by atoms with Crippen molar-refractivity contribution in [1.29, 1.82) is 0 Å². The summed E-state index contributed by atoms with van der Waals surface area (Å²) in [6, 6.07) is 3.66. The van der Waals surface area contributed by atoms with Crippen LogP contribution in [0.3, 0.4) is 0 Å². The van der Waals surface area contributed by atoms with Crippen molar-refractivity contribution in [1.82, 2.24) is 0 Å². The first-order chi connectivity index (χ1) is 11.1. The molecule has 0 saturated carbocycles. The molecule has 6 nitrogen and oxygen atoms in total. The molecule has 1 saturated heterocycles. The average molecular weight is 342 g/mol. The third-order valence-electron chi connectivity index (χ3n) is 3.77. The van der Waals surface area contributed by atoms with Crippen molar-refractivity contribution >= 4 is 23.3 Å². The van der Waals surface area contributed by atoms with E-state index < -0.39 is 30.3 Å². The van der Waals surface area contributed by atoms with Crippen LogP contribution < -0.4 is 0 Å². The third kappa shape index (κ3) is 4.53. The molecule has 0 unspecified atom stereocenters. The Hall–Kier alpha value is -1.44. The lowest BCUT2D eigenvalue weighted by atomic mass is 10.0. The van der Waals surface area contributed by atoms with Gasteiger partial charge in [0.05, 0.1) is 20.3 Å². The molecule has 0 radical (unpaired) electrons. The van der Waals surface area contributed by atoms with Crippen LogP contribution in [0.5, 0.6) is 0 Å². The SMILES string of the molecule is COC(=O)C(C(=O)OC)[C@H](O[C@@H]1CCC[C@H](C)O1)c1cccs1. The molecule has 1 aliphatic heterocycles. The van der Waals surface area contributed by atoms with E-state index in [9.17, 15) is 9.59 Å². The van der Waals surface area contributed by atoms with Crippen molar-refractivity contribution in [2.45, 2.75) is 44.7 Å². The van der Waals surface area contributed by atoms with Crippen LogP contribution in [-0.4, -0.2) is 38.6 Å². The molecule has 3 atom stereocenters. The lowest BCUT2D eigenvalue weighted by Crippen LogP contribution is -2.37. The summed E-state index contributed by atoms with van der Waals surface area (Å²) in [4.78, 5) is 25.0. The number of methoxy groups -OCH3 is 2. The molecule has 1 aromatic heterocycles. The van der Waals surface area contributed by atoms with Gasteiger partial charge in [-0.2, -0.15) is 0 Å². The predicted molar refractivity (Wildman–Crippen MR) is 83.9 cm³/mol. The Morgan fingerprint density at radius 2 is 1.96 bits per heavy atom. The van der Waals surface area contributed by atoms with Crippen LogP contribution in [0, 0.1) is 5.92 Å². The zero-order valence-corrected chi connectivity index (χ0v) is 14.3. The molecule has 128 valence electrons. The third-order valence-corrected chi connectivity index (χ3v) is 4.70. The van der Waals surface area contributed by atoms with E-state index >= 15 is 0 Å². The minimum atomic E-state index is -1.18. The maximum Gasteiger partial charge on any atom is 0.323 e. The quantitative estimate of drug-likeness (QED) is 0.585. The predicted octanol–water partition coefficient (Wildman–Crippen LogP) is 2.68. The monoisotopic (exact) mass is 342 g/mol. The van der Waals surface area contributed by atoms with Gasteiger partial charge in [0.2, 0.25) is 0 Å². The summed E-state index contributed by atoms with van der Waals surface area (Å²) >= 11 is 1.41. The highest BCUT2D eigenvalue weighted by Gasteiger charge is 2.41. The Balaban J connectivity index is 2.25. The highest BCUT2D eigenvalue weighted by Crippen LogP contribution is 2.35. The maximum absolute atomic E-state index is 12.1. The van der Waals surface area contributed by atoms with Gasteiger partial charge in [0, 0.05) is 4.88 Å². The van der Waals surface area contributed by atoms with Gasteiger partial charge in [0.25, 0.3) is 0 Å². The van der Waals surface area contributed by atoms with E-state index in [1.165, 1.54) is 25.6 Å². The largest absolute Gasteiger partial charge is 0.468 e. The molecule has 0 spiro atoms. The van der Waals surface area contributed by atoms with E-state index in [0.717, 1.165) is 24.1 Å². The summed E-state index contributed by atoms with van der Waals surface area (Å²) in [7, 11) is 2.48. The molecule has 0 amide bonds. The number of rotatable bonds is 6. The van der Waals surface area contributed by atoms with Gasteiger partial charge in [0.15, 0.2) is 12.2 Å². The molecule has 23 heavy (non-hydrogen) atoms. The Kier molecular flexibility index (Phi) is 6.56. The van der Waals surface area contributed by atoms with Crippen LogP contribution in [0.1, 0.15) is 37.2 Å². The second-order valence-corrected chi connectivity index (χ2v) is 6.38. The maximum atomic E-state index is 12.1. The second kappa shape index (κ2) is 8.42. The van der Waals surface area contributed by atoms with Gasteiger partial charge in [-0.1, -0.05) is 6.07 Å². The Morgan fingerprint density at radius 1 is 1.26 bits per heavy atom. The van der Waals surface area contributed by atoms with Gasteiger partial charge in [-0.15, -0.1) is 11.3 Å². The summed E-state index contributed by atoms with van der Waals surface area (Å²) in [6.07, 6.45) is 1.52. The minimum absolute atomic E-state index is 0.0902. The van der Waals surface area contributed by atoms with E-state index in [2.05, 4.69) is 0 Å². The van der Waals surface area contributed by atoms with Gasteiger partial charge >= 0.3 is 11.9 Å². The number of hydrogen-bond donors (Lipinski definition) is 0. The number of ether oxygens (including phenoxy) is 4. The van der Waals surface area contributed by atoms with Crippen molar-refractivity contribution in [2.24, 2.45) is 5.92 Å². The Morgan fingerprint density at radius 3 is 2.48 bits per heavy atom. The van der Waals surface area contributed by atoms with Crippen molar-refractivity contribution in [3.05, 3.63) is 22.4 Å². The standard InChI is InChI=1S/C16H22O6S/c1-10-6-4-8-12(21-10)22-14(11-7-5-9-23-11)13(15(17)19-2)16(18)20-3/h5,7,9-10,12-14H,4,6,8H2,1-3H3/t10-,12+,14+/m0/s1. The molecule has 1 fully saturated rings. The fourth-order valence-corrected chi connectivity index (χ4v) is 3.39. The fourth-order valence-electron chi connectivity index (χ4n) is 2.59. The van der Waals surface area contributed by atoms with Gasteiger partial charge in [0.1, 0.15) is 6.10 Å². The van der Waals surface area contributed by atoms with E-state index in [1.54, 1.807) is 0 Å². The van der Waals surface area contributed by atoms with Crippen LogP contribution in [0.4, 0.5) is 0 Å². The van der Waals surface area contributed by atoms with Gasteiger partial charge < -0.3 is 18.9 Å². The highest BCUT2D eigenvalue weighted by atomic mass is 32.1. The number of hydrogen-bond acceptors (Lipinski definition) is 7. The molecule has 2 heterocycles. The molecule has 0 aliphatic carbocycles. The van der Waals surface area contributed by atoms with E-state index in [4.69, 9.17) is 18.9 Å². The van der Waals surface area contributed by atoms with E-state index in [1.807, 2.05) is 24.4 Å². The topological polar surface area (TPSA) is 71.1 Å². The zero-order valence-electron chi connectivity index (χ0n) is 13.5. The summed E-state index contributed by atoms with van der Waals surface area (Å²) in [5.41, 5.74) is 0. The van der Waals surface area contributed by atoms with Crippen LogP contribution in [-0.2, 0) is 28.5 Å². The summed E-state index contributed by atoms with van der Waals surface area (Å²) in [5.74, 6) is -2.54. The lowest BCUT2D eigenvalue weighted by molar-refractivity contribution is -0.224. The first-order valence-electron chi connectivity index (χ1n) is 7.56. The molecular weight excluding hydrogens is 320 g/mol. The number of thiophene rings is 1. The van der Waals surface area contributed by atoms with Gasteiger partial charge in [-0.3, -0.25) is 9.59 Å². The molecule has 2 rings (SSSR count). The van der Waals surface area contributed by atoms with Crippen molar-refractivity contribution in [3.63, 3.8) is 0 Å². The van der Waals surface area contributed by atoms with Gasteiger partial charge in [-0.05, 0) is 37.6 Å². The lowest BCUT2D eigenvalue weighted by Gasteiger charge is -2.32. The fraction of sp³-hybridized carbons (Fsp3) is 0.625. The molecular formula is C16H22O6S. The first-order valence-corrected chi connectivity index (χ1v) is 8.44. The van der Waals surface area contributed by atoms with E-state index in [-0.39, 0.29) is 6.10 Å². The Bertz CT molecular complexity index is 499. The minimum Gasteiger partial charge on any atom is -0.468 e. The van der Waals surface area contributed by atoms with Gasteiger partial charge in [-0.25, -0.2) is 0 Å². The summed E-state index contributed by atoms with van der Waals surface area (Å²) in [6.45, 7) is 1.98. The zero-order chi connectivity index (χ0) is 16.8.